The van der Waals surface area contributed by atoms with Gasteiger partial charge in [-0.2, -0.15) is 0 Å². The van der Waals surface area contributed by atoms with Gasteiger partial charge in [0.1, 0.15) is 0 Å². The molecule has 1 aliphatic rings. The van der Waals surface area contributed by atoms with E-state index in [0.29, 0.717) is 18.5 Å². The second kappa shape index (κ2) is 9.34. The fraction of sp³-hybridized carbons (Fsp3) is 0.381. The SMILES string of the molecule is CN=C(N)N[C@]1([C@@H](B=O)CCN(C)C)Cc2ccc(NC(=O)c3ccc(F)cn3)cc21. The van der Waals surface area contributed by atoms with Gasteiger partial charge in [0, 0.05) is 0 Å². The van der Waals surface area contributed by atoms with E-state index in [1.807, 2.05) is 31.1 Å². The molecule has 0 saturated carbocycles. The minimum atomic E-state index is -0.703. The van der Waals surface area contributed by atoms with E-state index in [0.717, 1.165) is 31.0 Å². The van der Waals surface area contributed by atoms with Crippen molar-refractivity contribution in [1.29, 1.82) is 0 Å². The first kappa shape index (κ1) is 22.5. The van der Waals surface area contributed by atoms with Gasteiger partial charge in [0.05, 0.1) is 0 Å². The van der Waals surface area contributed by atoms with Crippen LogP contribution >= 0.6 is 0 Å². The van der Waals surface area contributed by atoms with Gasteiger partial charge >= 0.3 is 181 Å². The molecule has 3 rings (SSSR count). The van der Waals surface area contributed by atoms with Crippen molar-refractivity contribution in [2.75, 3.05) is 33.0 Å². The van der Waals surface area contributed by atoms with Crippen LogP contribution in [-0.2, 0) is 16.7 Å². The molecule has 10 heteroatoms. The zero-order valence-corrected chi connectivity index (χ0v) is 17.9. The number of hydrogen-bond acceptors (Lipinski definition) is 5. The van der Waals surface area contributed by atoms with Gasteiger partial charge in [-0.1, -0.05) is 0 Å². The van der Waals surface area contributed by atoms with Gasteiger partial charge in [0.2, 0.25) is 0 Å². The van der Waals surface area contributed by atoms with Gasteiger partial charge in [-0.05, 0) is 0 Å². The van der Waals surface area contributed by atoms with Gasteiger partial charge in [-0.15, -0.1) is 0 Å². The zero-order valence-electron chi connectivity index (χ0n) is 17.9. The molecule has 1 aromatic heterocycles. The summed E-state index contributed by atoms with van der Waals surface area (Å²) in [6, 6.07) is 8.04. The number of carbonyl (C=O) groups excluding carboxylic acids is 1. The number of hydrogen-bond donors (Lipinski definition) is 3. The van der Waals surface area contributed by atoms with Crippen LogP contribution < -0.4 is 16.4 Å². The average molecular weight is 424 g/mol. The Morgan fingerprint density at radius 2 is 2.16 bits per heavy atom. The normalized spacial score (nSPS) is 18.5. The Bertz CT molecular complexity index is 998. The fourth-order valence-corrected chi connectivity index (χ4v) is 3.87. The molecule has 1 amide bonds. The van der Waals surface area contributed by atoms with Crippen molar-refractivity contribution in [2.45, 2.75) is 24.2 Å². The summed E-state index contributed by atoms with van der Waals surface area (Å²) in [6.07, 6.45) is 2.24. The summed E-state index contributed by atoms with van der Waals surface area (Å²) in [4.78, 5) is 22.3. The Labute approximate surface area is 181 Å². The molecule has 1 heterocycles. The maximum atomic E-state index is 13.1. The first-order valence-corrected chi connectivity index (χ1v) is 9.96. The summed E-state index contributed by atoms with van der Waals surface area (Å²) < 4.78 is 25.1. The second-order valence-corrected chi connectivity index (χ2v) is 7.90. The van der Waals surface area contributed by atoms with Gasteiger partial charge in [-0.25, -0.2) is 0 Å². The number of nitrogens with two attached hydrogens (primary N) is 1. The quantitative estimate of drug-likeness (QED) is 0.337. The van der Waals surface area contributed by atoms with Crippen LogP contribution in [0, 0.1) is 5.82 Å². The predicted molar refractivity (Wildman–Crippen MR) is 118 cm³/mol. The standard InChI is InChI=1S/C21H26BFN6O2/c1-25-20(24)28-21(18(22-31)8-9-29(2)3)11-13-4-6-15(10-16(13)21)27-19(30)17-7-5-14(23)12-26-17/h4-7,10,12,18H,8-9,11H2,1-3H3,(H,27,30)(H3,24,25,28)/t18-,21+/m0/s1. The molecule has 31 heavy (non-hydrogen) atoms. The number of halogens is 1. The number of nitrogens with zero attached hydrogens (tertiary/aromatic N) is 3. The van der Waals surface area contributed by atoms with Crippen LogP contribution in [0.2, 0.25) is 5.82 Å². The van der Waals surface area contributed by atoms with Crippen molar-refractivity contribution in [3.05, 3.63) is 59.2 Å². The summed E-state index contributed by atoms with van der Waals surface area (Å²) in [5.74, 6) is -1.06. The number of rotatable bonds is 8. The molecule has 8 nitrogen and oxygen atoms in total. The number of benzene rings is 1. The van der Waals surface area contributed by atoms with Crippen LogP contribution in [0.25, 0.3) is 0 Å². The number of nitrogens with one attached hydrogen (secondary N) is 2. The van der Waals surface area contributed by atoms with E-state index in [1.54, 1.807) is 13.1 Å². The first-order valence-electron chi connectivity index (χ1n) is 9.96. The molecule has 0 radical (unpaired) electrons. The molecule has 1 aliphatic carbocycles. The number of aliphatic imine (C=N–C) groups is 1. The molecule has 162 valence electrons. The molecule has 0 spiro atoms. The molecular formula is C21H26BFN6O2. The Hall–Kier alpha value is -3.14. The topological polar surface area (TPSA) is 113 Å². The fourth-order valence-electron chi connectivity index (χ4n) is 3.87. The number of carbonyl (C=O) groups is 1. The van der Waals surface area contributed by atoms with Gasteiger partial charge < -0.3 is 0 Å². The number of fused-ring (bicyclic) bond motifs is 1. The van der Waals surface area contributed by atoms with Gasteiger partial charge in [0.25, 0.3) is 0 Å². The van der Waals surface area contributed by atoms with Crippen molar-refractivity contribution in [1.82, 2.24) is 15.2 Å². The van der Waals surface area contributed by atoms with E-state index in [-0.39, 0.29) is 17.5 Å². The van der Waals surface area contributed by atoms with Crippen molar-refractivity contribution in [3.8, 4) is 0 Å². The molecule has 0 bridgehead atoms. The molecule has 2 aromatic rings. The van der Waals surface area contributed by atoms with Crippen LogP contribution in [0.1, 0.15) is 28.0 Å². The van der Waals surface area contributed by atoms with E-state index in [1.165, 1.54) is 12.1 Å². The number of amides is 1. The average Bonchev–Trinajstić information content (AvgIpc) is 2.74. The van der Waals surface area contributed by atoms with Crippen molar-refractivity contribution >= 4 is 24.7 Å². The van der Waals surface area contributed by atoms with E-state index in [4.69, 9.17) is 5.73 Å². The summed E-state index contributed by atoms with van der Waals surface area (Å²) in [7, 11) is 6.44. The number of guanidine groups is 1. The monoisotopic (exact) mass is 424 g/mol. The van der Waals surface area contributed by atoms with Crippen molar-refractivity contribution in [3.63, 3.8) is 0 Å². The number of anilines is 1. The van der Waals surface area contributed by atoms with Crippen LogP contribution in [0.4, 0.5) is 10.1 Å². The third-order valence-corrected chi connectivity index (χ3v) is 5.55. The second-order valence-electron chi connectivity index (χ2n) is 7.90. The first-order chi connectivity index (χ1) is 14.8. The molecule has 0 saturated heterocycles. The molecule has 0 unspecified atom stereocenters. The van der Waals surface area contributed by atoms with Gasteiger partial charge in [-0.3, -0.25) is 0 Å². The summed E-state index contributed by atoms with van der Waals surface area (Å²) in [6.45, 7) is 0.734. The van der Waals surface area contributed by atoms with E-state index in [9.17, 15) is 13.9 Å². The predicted octanol–water partition coefficient (Wildman–Crippen LogP) is 1.55. The summed E-state index contributed by atoms with van der Waals surface area (Å²) in [5.41, 5.74) is 7.88. The zero-order chi connectivity index (χ0) is 22.6. The molecule has 0 aliphatic heterocycles. The Kier molecular flexibility index (Phi) is 6.79. The van der Waals surface area contributed by atoms with E-state index in [2.05, 4.69) is 20.6 Å². The number of pyridine rings is 1. The van der Waals surface area contributed by atoms with Crippen molar-refractivity contribution < 1.29 is 13.9 Å². The molecule has 0 fully saturated rings. The Balaban J connectivity index is 1.90. The molecule has 1 aromatic carbocycles. The van der Waals surface area contributed by atoms with Crippen LogP contribution in [0.5, 0.6) is 0 Å². The summed E-state index contributed by atoms with van der Waals surface area (Å²) in [5, 5.41) is 6.02. The Morgan fingerprint density at radius 1 is 1.39 bits per heavy atom. The van der Waals surface area contributed by atoms with Crippen molar-refractivity contribution in [2.24, 2.45) is 10.7 Å². The summed E-state index contributed by atoms with van der Waals surface area (Å²) >= 11 is 0. The molecular weight excluding hydrogens is 398 g/mol. The van der Waals surface area contributed by atoms with Gasteiger partial charge in [0.15, 0.2) is 0 Å². The van der Waals surface area contributed by atoms with Crippen LogP contribution in [0.3, 0.4) is 0 Å². The van der Waals surface area contributed by atoms with E-state index >= 15 is 0 Å². The maximum absolute atomic E-state index is 13.1. The number of aromatic nitrogens is 1. The van der Waals surface area contributed by atoms with Crippen LogP contribution in [-0.4, -0.2) is 56.6 Å². The third-order valence-electron chi connectivity index (χ3n) is 5.55. The molecule has 4 N–H and O–H groups in total. The third kappa shape index (κ3) is 4.79. The Morgan fingerprint density at radius 3 is 2.77 bits per heavy atom. The van der Waals surface area contributed by atoms with E-state index < -0.39 is 17.3 Å². The minimum absolute atomic E-state index is 0.104. The molecule has 2 atom stereocenters. The van der Waals surface area contributed by atoms with Crippen LogP contribution in [0.15, 0.2) is 41.5 Å².